The van der Waals surface area contributed by atoms with Crippen LogP contribution in [0.1, 0.15) is 40.4 Å². The standard InChI is InChI=1S/C29H19Cl3N2O5/c30-21-2-1-3-22(31)25(21)27-20(28(39-34-27)15-4-5-15)14-37-23-10-6-16-12-18(8-9-19(16)26(23)32)38-24-11-7-17(13-33-24)29(35)36/h1-3,6-13,15H,4-5,14H2,(H,35,36). The molecule has 0 amide bonds. The Labute approximate surface area is 237 Å². The van der Waals surface area contributed by atoms with Gasteiger partial charge in [0.2, 0.25) is 5.88 Å². The predicted octanol–water partition coefficient (Wildman–Crippen LogP) is 8.80. The Kier molecular flexibility index (Phi) is 6.81. The van der Waals surface area contributed by atoms with E-state index in [1.165, 1.54) is 18.3 Å². The average Bonchev–Trinajstić information content (AvgIpc) is 3.69. The molecular weight excluding hydrogens is 563 g/mol. The van der Waals surface area contributed by atoms with Crippen LogP contribution < -0.4 is 9.47 Å². The second-order valence-corrected chi connectivity index (χ2v) is 10.3. The lowest BCUT2D eigenvalue weighted by Gasteiger charge is -2.13. The van der Waals surface area contributed by atoms with Gasteiger partial charge in [-0.2, -0.15) is 0 Å². The van der Waals surface area contributed by atoms with Crippen LogP contribution in [0.25, 0.3) is 22.0 Å². The van der Waals surface area contributed by atoms with Crippen molar-refractivity contribution in [2.75, 3.05) is 0 Å². The number of carboxylic acid groups (broad SMARTS) is 1. The van der Waals surface area contributed by atoms with Crippen LogP contribution in [0.4, 0.5) is 0 Å². The lowest BCUT2D eigenvalue weighted by atomic mass is 10.0. The zero-order valence-electron chi connectivity index (χ0n) is 20.2. The Morgan fingerprint density at radius 1 is 1.03 bits per heavy atom. The van der Waals surface area contributed by atoms with Gasteiger partial charge in [0.05, 0.1) is 26.2 Å². The molecule has 2 aromatic heterocycles. The molecule has 10 heteroatoms. The first-order valence-electron chi connectivity index (χ1n) is 12.0. The Hall–Kier alpha value is -3.78. The van der Waals surface area contributed by atoms with Crippen molar-refractivity contribution in [3.63, 3.8) is 0 Å². The molecule has 0 bridgehead atoms. The van der Waals surface area contributed by atoms with Gasteiger partial charge in [-0.3, -0.25) is 0 Å². The molecular formula is C29H19Cl3N2O5. The Bertz CT molecular complexity index is 1690. The molecule has 1 aliphatic rings. The number of nitrogens with zero attached hydrogens (tertiary/aromatic N) is 2. The van der Waals surface area contributed by atoms with E-state index < -0.39 is 5.97 Å². The van der Waals surface area contributed by atoms with Gasteiger partial charge in [-0.05, 0) is 60.7 Å². The number of halogens is 3. The highest BCUT2D eigenvalue weighted by Gasteiger charge is 2.33. The van der Waals surface area contributed by atoms with Crippen LogP contribution in [0.15, 0.2) is 71.4 Å². The molecule has 7 nitrogen and oxygen atoms in total. The number of aromatic carboxylic acids is 1. The van der Waals surface area contributed by atoms with E-state index in [0.29, 0.717) is 43.7 Å². The van der Waals surface area contributed by atoms with Crippen molar-refractivity contribution >= 4 is 51.5 Å². The summed E-state index contributed by atoms with van der Waals surface area (Å²) >= 11 is 19.7. The molecule has 1 saturated carbocycles. The van der Waals surface area contributed by atoms with Gasteiger partial charge in [0, 0.05) is 29.1 Å². The van der Waals surface area contributed by atoms with Crippen LogP contribution in [0.3, 0.4) is 0 Å². The number of aromatic nitrogens is 2. The van der Waals surface area contributed by atoms with E-state index >= 15 is 0 Å². The highest BCUT2D eigenvalue weighted by atomic mass is 35.5. The van der Waals surface area contributed by atoms with Gasteiger partial charge in [-0.15, -0.1) is 0 Å². The summed E-state index contributed by atoms with van der Waals surface area (Å²) in [6.07, 6.45) is 3.30. The van der Waals surface area contributed by atoms with Crippen molar-refractivity contribution in [1.29, 1.82) is 0 Å². The SMILES string of the molecule is O=C(O)c1ccc(Oc2ccc3c(Cl)c(OCc4c(-c5c(Cl)cccc5Cl)noc4C4CC4)ccc3c2)nc1. The largest absolute Gasteiger partial charge is 0.487 e. The van der Waals surface area contributed by atoms with Crippen LogP contribution in [0, 0.1) is 0 Å². The minimum absolute atomic E-state index is 0.0812. The number of pyridine rings is 1. The third kappa shape index (κ3) is 5.13. The molecule has 39 heavy (non-hydrogen) atoms. The lowest BCUT2D eigenvalue weighted by Crippen LogP contribution is -2.00. The van der Waals surface area contributed by atoms with Gasteiger partial charge in [0.25, 0.3) is 0 Å². The number of hydrogen-bond acceptors (Lipinski definition) is 6. The number of ether oxygens (including phenoxy) is 2. The number of hydrogen-bond donors (Lipinski definition) is 1. The molecule has 1 fully saturated rings. The topological polar surface area (TPSA) is 94.7 Å². The summed E-state index contributed by atoms with van der Waals surface area (Å²) in [5, 5.41) is 16.4. The van der Waals surface area contributed by atoms with E-state index in [2.05, 4.69) is 10.1 Å². The number of carboxylic acids is 1. The normalized spacial score (nSPS) is 13.0. The maximum absolute atomic E-state index is 11.0. The van der Waals surface area contributed by atoms with Crippen LogP contribution in [0.2, 0.25) is 15.1 Å². The van der Waals surface area contributed by atoms with Crippen LogP contribution in [-0.4, -0.2) is 21.2 Å². The molecule has 0 radical (unpaired) electrons. The summed E-state index contributed by atoms with van der Waals surface area (Å²) < 4.78 is 17.7. The Balaban J connectivity index is 1.25. The maximum atomic E-state index is 11.0. The van der Waals surface area contributed by atoms with Crippen LogP contribution in [-0.2, 0) is 6.61 Å². The van der Waals surface area contributed by atoms with Gasteiger partial charge in [0.1, 0.15) is 29.6 Å². The van der Waals surface area contributed by atoms with E-state index in [1.54, 1.807) is 30.3 Å². The second kappa shape index (κ2) is 10.4. The van der Waals surface area contributed by atoms with E-state index in [1.807, 2.05) is 18.2 Å². The Morgan fingerprint density at radius 2 is 1.82 bits per heavy atom. The highest BCUT2D eigenvalue weighted by molar-refractivity contribution is 6.39. The van der Waals surface area contributed by atoms with Crippen molar-refractivity contribution in [1.82, 2.24) is 10.1 Å². The van der Waals surface area contributed by atoms with Gasteiger partial charge in [-0.1, -0.05) is 52.1 Å². The molecule has 0 spiro atoms. The molecule has 0 aliphatic heterocycles. The molecule has 3 aromatic carbocycles. The molecule has 1 N–H and O–H groups in total. The number of benzene rings is 3. The Morgan fingerprint density at radius 3 is 2.51 bits per heavy atom. The number of fused-ring (bicyclic) bond motifs is 1. The first-order chi connectivity index (χ1) is 18.9. The summed E-state index contributed by atoms with van der Waals surface area (Å²) in [5.41, 5.74) is 2.06. The monoisotopic (exact) mass is 580 g/mol. The minimum atomic E-state index is -1.05. The molecule has 2 heterocycles. The smallest absolute Gasteiger partial charge is 0.337 e. The van der Waals surface area contributed by atoms with Crippen LogP contribution >= 0.6 is 34.8 Å². The predicted molar refractivity (Wildman–Crippen MR) is 148 cm³/mol. The molecule has 1 aliphatic carbocycles. The van der Waals surface area contributed by atoms with E-state index in [0.717, 1.165) is 34.9 Å². The van der Waals surface area contributed by atoms with Crippen molar-refractivity contribution in [3.8, 4) is 28.6 Å². The summed E-state index contributed by atoms with van der Waals surface area (Å²) in [7, 11) is 0. The maximum Gasteiger partial charge on any atom is 0.337 e. The number of carbonyl (C=O) groups is 1. The van der Waals surface area contributed by atoms with E-state index in [9.17, 15) is 4.79 Å². The fraction of sp³-hybridized carbons (Fsp3) is 0.138. The van der Waals surface area contributed by atoms with E-state index in [-0.39, 0.29) is 18.1 Å². The highest BCUT2D eigenvalue weighted by Crippen LogP contribution is 2.46. The zero-order chi connectivity index (χ0) is 27.1. The quantitative estimate of drug-likeness (QED) is 0.196. The van der Waals surface area contributed by atoms with Crippen molar-refractivity contribution < 1.29 is 23.9 Å². The van der Waals surface area contributed by atoms with Gasteiger partial charge < -0.3 is 19.1 Å². The van der Waals surface area contributed by atoms with Gasteiger partial charge in [0.15, 0.2) is 0 Å². The lowest BCUT2D eigenvalue weighted by molar-refractivity contribution is 0.0696. The first-order valence-corrected chi connectivity index (χ1v) is 13.2. The average molecular weight is 582 g/mol. The van der Waals surface area contributed by atoms with Gasteiger partial charge >= 0.3 is 5.97 Å². The molecule has 196 valence electrons. The van der Waals surface area contributed by atoms with Crippen molar-refractivity contribution in [3.05, 3.63) is 98.8 Å². The van der Waals surface area contributed by atoms with Crippen molar-refractivity contribution in [2.24, 2.45) is 0 Å². The van der Waals surface area contributed by atoms with E-state index in [4.69, 9.17) is 53.9 Å². The summed E-state index contributed by atoms with van der Waals surface area (Å²) in [5.74, 6) is 1.34. The third-order valence-electron chi connectivity index (χ3n) is 6.43. The van der Waals surface area contributed by atoms with Crippen molar-refractivity contribution in [2.45, 2.75) is 25.4 Å². The molecule has 0 atom stereocenters. The van der Waals surface area contributed by atoms with Crippen LogP contribution in [0.5, 0.6) is 17.4 Å². The minimum Gasteiger partial charge on any atom is -0.487 e. The summed E-state index contributed by atoms with van der Waals surface area (Å²) in [4.78, 5) is 15.1. The summed E-state index contributed by atoms with van der Waals surface area (Å²) in [6, 6.07) is 17.3. The zero-order valence-corrected chi connectivity index (χ0v) is 22.4. The molecule has 0 unspecified atom stereocenters. The molecule has 0 saturated heterocycles. The third-order valence-corrected chi connectivity index (χ3v) is 7.45. The number of rotatable bonds is 8. The summed E-state index contributed by atoms with van der Waals surface area (Å²) in [6.45, 7) is 0.177. The fourth-order valence-corrected chi connectivity index (χ4v) is 5.18. The molecule has 6 rings (SSSR count). The second-order valence-electron chi connectivity index (χ2n) is 9.09. The fourth-order valence-electron chi connectivity index (χ4n) is 4.31. The van der Waals surface area contributed by atoms with Gasteiger partial charge in [-0.25, -0.2) is 9.78 Å². The first kappa shape index (κ1) is 25.5. The molecule has 5 aromatic rings.